The minimum Gasteiger partial charge on any atom is -0.352 e. The van der Waals surface area contributed by atoms with Crippen LogP contribution in [-0.4, -0.2) is 34.6 Å². The molecule has 1 N–H and O–H groups in total. The smallest absolute Gasteiger partial charge is 0.242 e. The Morgan fingerprint density at radius 3 is 2.36 bits per heavy atom. The van der Waals surface area contributed by atoms with Gasteiger partial charge in [-0.05, 0) is 49.9 Å². The van der Waals surface area contributed by atoms with Gasteiger partial charge in [0.05, 0.1) is 15.8 Å². The summed E-state index contributed by atoms with van der Waals surface area (Å²) in [5.41, 5.74) is 3.19. The number of carbonyl (C=O) groups is 2. The predicted molar refractivity (Wildman–Crippen MR) is 139 cm³/mol. The summed E-state index contributed by atoms with van der Waals surface area (Å²) in [6.45, 7) is 4.27. The molecule has 0 aromatic heterocycles. The van der Waals surface area contributed by atoms with E-state index in [4.69, 9.17) is 23.2 Å². The highest BCUT2D eigenvalue weighted by molar-refractivity contribution is 7.99. The van der Waals surface area contributed by atoms with Gasteiger partial charge in [0.25, 0.3) is 0 Å². The van der Waals surface area contributed by atoms with Crippen molar-refractivity contribution in [3.63, 3.8) is 0 Å². The predicted octanol–water partition coefficient (Wildman–Crippen LogP) is 6.40. The molecular weight excluding hydrogens is 475 g/mol. The van der Waals surface area contributed by atoms with E-state index in [9.17, 15) is 9.59 Å². The van der Waals surface area contributed by atoms with Crippen molar-refractivity contribution >= 4 is 46.8 Å². The van der Waals surface area contributed by atoms with Crippen LogP contribution in [0.2, 0.25) is 10.0 Å². The molecule has 2 aromatic carbocycles. The maximum Gasteiger partial charge on any atom is 0.242 e. The third-order valence-electron chi connectivity index (χ3n) is 6.07. The number of amides is 2. The van der Waals surface area contributed by atoms with Crippen LogP contribution in [0.15, 0.2) is 42.5 Å². The summed E-state index contributed by atoms with van der Waals surface area (Å²) < 4.78 is 0. The van der Waals surface area contributed by atoms with Crippen molar-refractivity contribution in [1.29, 1.82) is 0 Å². The molecule has 178 valence electrons. The molecule has 1 fully saturated rings. The van der Waals surface area contributed by atoms with Crippen LogP contribution in [0.25, 0.3) is 0 Å². The van der Waals surface area contributed by atoms with Gasteiger partial charge in [-0.15, -0.1) is 11.8 Å². The summed E-state index contributed by atoms with van der Waals surface area (Å²) >= 11 is 13.6. The molecule has 0 saturated heterocycles. The van der Waals surface area contributed by atoms with Gasteiger partial charge >= 0.3 is 0 Å². The molecule has 1 saturated carbocycles. The van der Waals surface area contributed by atoms with Gasteiger partial charge in [0.2, 0.25) is 11.8 Å². The molecular formula is C26H32Cl2N2O2S. The Balaban J connectivity index is 1.65. The van der Waals surface area contributed by atoms with Crippen molar-refractivity contribution in [2.75, 3.05) is 5.75 Å². The van der Waals surface area contributed by atoms with E-state index < -0.39 is 6.04 Å². The fourth-order valence-electron chi connectivity index (χ4n) is 4.01. The normalized spacial score (nSPS) is 15.2. The van der Waals surface area contributed by atoms with Crippen molar-refractivity contribution in [2.45, 2.75) is 70.3 Å². The molecule has 1 aliphatic rings. The topological polar surface area (TPSA) is 49.4 Å². The molecule has 2 aromatic rings. The van der Waals surface area contributed by atoms with E-state index in [1.807, 2.05) is 50.2 Å². The molecule has 0 aliphatic heterocycles. The highest BCUT2D eigenvalue weighted by atomic mass is 35.5. The first-order valence-electron chi connectivity index (χ1n) is 11.5. The minimum absolute atomic E-state index is 0.0491. The monoisotopic (exact) mass is 506 g/mol. The second-order valence-electron chi connectivity index (χ2n) is 8.77. The maximum absolute atomic E-state index is 13.2. The quantitative estimate of drug-likeness (QED) is 0.427. The SMILES string of the molecule is Cc1ccc(CN(C(=O)CSCc2ccc(Cl)c(Cl)c2)C(C)C(=O)NC2CCCCC2)cc1. The Morgan fingerprint density at radius 1 is 1.03 bits per heavy atom. The van der Waals surface area contributed by atoms with E-state index in [-0.39, 0.29) is 23.6 Å². The van der Waals surface area contributed by atoms with Crippen LogP contribution < -0.4 is 5.32 Å². The largest absolute Gasteiger partial charge is 0.352 e. The van der Waals surface area contributed by atoms with Gasteiger partial charge in [-0.3, -0.25) is 9.59 Å². The lowest BCUT2D eigenvalue weighted by molar-refractivity contribution is -0.139. The number of rotatable bonds is 9. The van der Waals surface area contributed by atoms with Gasteiger partial charge in [0.1, 0.15) is 6.04 Å². The number of nitrogens with zero attached hydrogens (tertiary/aromatic N) is 1. The zero-order chi connectivity index (χ0) is 23.8. The van der Waals surface area contributed by atoms with E-state index in [0.717, 1.165) is 42.4 Å². The van der Waals surface area contributed by atoms with Crippen LogP contribution in [0.5, 0.6) is 0 Å². The highest BCUT2D eigenvalue weighted by Gasteiger charge is 2.28. The molecule has 1 aliphatic carbocycles. The molecule has 4 nitrogen and oxygen atoms in total. The third kappa shape index (κ3) is 7.94. The van der Waals surface area contributed by atoms with Gasteiger partial charge < -0.3 is 10.2 Å². The zero-order valence-electron chi connectivity index (χ0n) is 19.3. The molecule has 0 radical (unpaired) electrons. The van der Waals surface area contributed by atoms with Crippen LogP contribution >= 0.6 is 35.0 Å². The van der Waals surface area contributed by atoms with Crippen molar-refractivity contribution in [1.82, 2.24) is 10.2 Å². The second kappa shape index (κ2) is 12.7. The second-order valence-corrected chi connectivity index (χ2v) is 10.6. The van der Waals surface area contributed by atoms with Gasteiger partial charge in [-0.1, -0.05) is 78.4 Å². The zero-order valence-corrected chi connectivity index (χ0v) is 21.6. The minimum atomic E-state index is -0.536. The molecule has 0 bridgehead atoms. The van der Waals surface area contributed by atoms with Crippen LogP contribution in [0, 0.1) is 6.92 Å². The fourth-order valence-corrected chi connectivity index (χ4v) is 5.19. The maximum atomic E-state index is 13.2. The van der Waals surface area contributed by atoms with E-state index >= 15 is 0 Å². The van der Waals surface area contributed by atoms with Crippen LogP contribution in [0.1, 0.15) is 55.7 Å². The first-order chi connectivity index (χ1) is 15.8. The van der Waals surface area contributed by atoms with Gasteiger partial charge in [0.15, 0.2) is 0 Å². The number of carbonyl (C=O) groups excluding carboxylic acids is 2. The number of hydrogen-bond donors (Lipinski definition) is 1. The van der Waals surface area contributed by atoms with Crippen molar-refractivity contribution in [3.8, 4) is 0 Å². The lowest BCUT2D eigenvalue weighted by Crippen LogP contribution is -2.50. The summed E-state index contributed by atoms with van der Waals surface area (Å²) in [7, 11) is 0. The average Bonchev–Trinajstić information content (AvgIpc) is 2.81. The molecule has 0 spiro atoms. The number of thioether (sulfide) groups is 1. The van der Waals surface area contributed by atoms with Crippen LogP contribution in [0.3, 0.4) is 0 Å². The molecule has 1 unspecified atom stereocenters. The summed E-state index contributed by atoms with van der Waals surface area (Å²) in [5, 5.41) is 4.20. The number of aryl methyl sites for hydroxylation is 1. The lowest BCUT2D eigenvalue weighted by Gasteiger charge is -2.31. The van der Waals surface area contributed by atoms with Gasteiger partial charge in [-0.25, -0.2) is 0 Å². The van der Waals surface area contributed by atoms with E-state index in [0.29, 0.717) is 22.3 Å². The van der Waals surface area contributed by atoms with Gasteiger partial charge in [0, 0.05) is 18.3 Å². The molecule has 0 heterocycles. The highest BCUT2D eigenvalue weighted by Crippen LogP contribution is 2.25. The van der Waals surface area contributed by atoms with Gasteiger partial charge in [-0.2, -0.15) is 0 Å². The first-order valence-corrected chi connectivity index (χ1v) is 13.4. The lowest BCUT2D eigenvalue weighted by atomic mass is 9.95. The summed E-state index contributed by atoms with van der Waals surface area (Å²) in [6.07, 6.45) is 5.57. The van der Waals surface area contributed by atoms with E-state index in [1.54, 1.807) is 11.0 Å². The van der Waals surface area contributed by atoms with E-state index in [2.05, 4.69) is 5.32 Å². The standard InChI is InChI=1S/C26H32Cl2N2O2S/c1-18-8-10-20(11-9-18)15-30(19(2)26(32)29-22-6-4-3-5-7-22)25(31)17-33-16-21-12-13-23(27)24(28)14-21/h8-14,19,22H,3-7,15-17H2,1-2H3,(H,29,32). The molecule has 3 rings (SSSR count). The number of halogens is 2. The number of nitrogens with one attached hydrogen (secondary N) is 1. The van der Waals surface area contributed by atoms with Crippen molar-refractivity contribution in [2.24, 2.45) is 0 Å². The van der Waals surface area contributed by atoms with Crippen molar-refractivity contribution in [3.05, 3.63) is 69.2 Å². The Kier molecular flexibility index (Phi) is 9.96. The molecule has 33 heavy (non-hydrogen) atoms. The van der Waals surface area contributed by atoms with Crippen LogP contribution in [0.4, 0.5) is 0 Å². The molecule has 2 amide bonds. The summed E-state index contributed by atoms with van der Waals surface area (Å²) in [4.78, 5) is 28.0. The molecule has 1 atom stereocenters. The fraction of sp³-hybridized carbons (Fsp3) is 0.462. The summed E-state index contributed by atoms with van der Waals surface area (Å²) in [5.74, 6) is 0.806. The van der Waals surface area contributed by atoms with E-state index in [1.165, 1.54) is 18.2 Å². The Bertz CT molecular complexity index is 946. The Morgan fingerprint density at radius 2 is 1.70 bits per heavy atom. The van der Waals surface area contributed by atoms with Crippen molar-refractivity contribution < 1.29 is 9.59 Å². The third-order valence-corrected chi connectivity index (χ3v) is 7.80. The first kappa shape index (κ1) is 25.9. The Hall–Kier alpha value is -1.69. The molecule has 7 heteroatoms. The average molecular weight is 508 g/mol. The number of hydrogen-bond acceptors (Lipinski definition) is 3. The summed E-state index contributed by atoms with van der Waals surface area (Å²) in [6, 6.07) is 13.3. The van der Waals surface area contributed by atoms with Crippen LogP contribution in [-0.2, 0) is 21.9 Å². The Labute approximate surface area is 211 Å². The number of benzene rings is 2.